The van der Waals surface area contributed by atoms with Crippen LogP contribution in [0.1, 0.15) is 53.4 Å². The Morgan fingerprint density at radius 1 is 1.25 bits per heavy atom. The minimum absolute atomic E-state index is 0.480. The number of imidazole rings is 1. The quantitative estimate of drug-likeness (QED) is 0.672. The molecule has 116 valence electrons. The van der Waals surface area contributed by atoms with E-state index >= 15 is 0 Å². The fourth-order valence-electron chi connectivity index (χ4n) is 2.41. The van der Waals surface area contributed by atoms with E-state index in [0.29, 0.717) is 6.04 Å². The number of hydrogen-bond donors (Lipinski definition) is 1. The Hall–Kier alpha value is -1.03. The van der Waals surface area contributed by atoms with Gasteiger partial charge in [-0.3, -0.25) is 0 Å². The summed E-state index contributed by atoms with van der Waals surface area (Å²) in [7, 11) is 0. The number of anilines is 1. The van der Waals surface area contributed by atoms with Gasteiger partial charge in [-0.25, -0.2) is 4.98 Å². The Balaban J connectivity index is 2.31. The van der Waals surface area contributed by atoms with Crippen molar-refractivity contribution in [2.45, 2.75) is 66.0 Å². The zero-order valence-corrected chi connectivity index (χ0v) is 13.7. The van der Waals surface area contributed by atoms with Gasteiger partial charge in [0.2, 0.25) is 5.95 Å². The Labute approximate surface area is 124 Å². The van der Waals surface area contributed by atoms with Crippen molar-refractivity contribution in [2.24, 2.45) is 0 Å². The maximum absolute atomic E-state index is 4.43. The molecular formula is C16H32N4. The van der Waals surface area contributed by atoms with Gasteiger partial charge in [-0.15, -0.1) is 0 Å². The number of hydrogen-bond acceptors (Lipinski definition) is 3. The average molecular weight is 280 g/mol. The fourth-order valence-corrected chi connectivity index (χ4v) is 2.41. The zero-order valence-electron chi connectivity index (χ0n) is 13.7. The van der Waals surface area contributed by atoms with Crippen LogP contribution in [-0.2, 0) is 6.54 Å². The second kappa shape index (κ2) is 9.81. The van der Waals surface area contributed by atoms with Crippen LogP contribution in [0, 0.1) is 0 Å². The molecule has 0 saturated heterocycles. The van der Waals surface area contributed by atoms with Crippen LogP contribution in [0.3, 0.4) is 0 Å². The third-order valence-electron chi connectivity index (χ3n) is 3.85. The zero-order chi connectivity index (χ0) is 14.8. The molecule has 0 spiro atoms. The Kier molecular flexibility index (Phi) is 8.35. The maximum atomic E-state index is 4.43. The normalized spacial score (nSPS) is 12.8. The molecule has 0 radical (unpaired) electrons. The van der Waals surface area contributed by atoms with Gasteiger partial charge in [-0.05, 0) is 45.8 Å². The van der Waals surface area contributed by atoms with Crippen molar-refractivity contribution in [3.63, 3.8) is 0 Å². The van der Waals surface area contributed by atoms with Crippen molar-refractivity contribution in [3.8, 4) is 0 Å². The summed E-state index contributed by atoms with van der Waals surface area (Å²) in [5, 5.41) is 3.54. The van der Waals surface area contributed by atoms with Crippen LogP contribution in [0.2, 0.25) is 0 Å². The molecule has 0 aliphatic carbocycles. The Morgan fingerprint density at radius 2 is 2.00 bits per heavy atom. The van der Waals surface area contributed by atoms with Crippen molar-refractivity contribution in [1.29, 1.82) is 0 Å². The van der Waals surface area contributed by atoms with Crippen molar-refractivity contribution in [3.05, 3.63) is 12.4 Å². The van der Waals surface area contributed by atoms with E-state index in [2.05, 4.69) is 53.7 Å². The van der Waals surface area contributed by atoms with Crippen LogP contribution >= 0.6 is 0 Å². The lowest BCUT2D eigenvalue weighted by molar-refractivity contribution is 0.295. The topological polar surface area (TPSA) is 33.1 Å². The number of nitrogens with zero attached hydrogens (tertiary/aromatic N) is 3. The fraction of sp³-hybridized carbons (Fsp3) is 0.812. The molecule has 0 aromatic carbocycles. The van der Waals surface area contributed by atoms with E-state index < -0.39 is 0 Å². The van der Waals surface area contributed by atoms with E-state index in [1.54, 1.807) is 0 Å². The number of aryl methyl sites for hydroxylation is 1. The third-order valence-corrected chi connectivity index (χ3v) is 3.85. The van der Waals surface area contributed by atoms with E-state index in [0.717, 1.165) is 25.6 Å². The first kappa shape index (κ1) is 17.0. The van der Waals surface area contributed by atoms with Gasteiger partial charge in [-0.1, -0.05) is 27.2 Å². The van der Waals surface area contributed by atoms with E-state index in [-0.39, 0.29) is 0 Å². The van der Waals surface area contributed by atoms with Gasteiger partial charge in [0, 0.05) is 25.0 Å². The highest BCUT2D eigenvalue weighted by Crippen LogP contribution is 2.10. The standard InChI is InChI=1S/C16H32N4/c1-5-8-13-20-14-11-17-16(20)18-15(4)10-9-12-19(6-2)7-3/h11,14-15H,5-10,12-13H2,1-4H3,(H,17,18). The summed E-state index contributed by atoms with van der Waals surface area (Å²) in [5.74, 6) is 1.02. The van der Waals surface area contributed by atoms with E-state index in [1.807, 2.05) is 6.20 Å². The lowest BCUT2D eigenvalue weighted by Crippen LogP contribution is -2.26. The van der Waals surface area contributed by atoms with Gasteiger partial charge in [0.05, 0.1) is 0 Å². The van der Waals surface area contributed by atoms with Crippen LogP contribution in [0.5, 0.6) is 0 Å². The number of rotatable bonds is 11. The molecule has 1 rings (SSSR count). The summed E-state index contributed by atoms with van der Waals surface area (Å²) < 4.78 is 2.23. The molecule has 0 aliphatic rings. The van der Waals surface area contributed by atoms with Gasteiger partial charge in [-0.2, -0.15) is 0 Å². The minimum atomic E-state index is 0.480. The molecule has 0 amide bonds. The molecular weight excluding hydrogens is 248 g/mol. The van der Waals surface area contributed by atoms with Gasteiger partial charge >= 0.3 is 0 Å². The van der Waals surface area contributed by atoms with E-state index in [4.69, 9.17) is 0 Å². The highest BCUT2D eigenvalue weighted by Gasteiger charge is 2.07. The first-order valence-corrected chi connectivity index (χ1v) is 8.21. The lowest BCUT2D eigenvalue weighted by atomic mass is 10.2. The Bertz CT molecular complexity index is 344. The number of aromatic nitrogens is 2. The molecule has 1 N–H and O–H groups in total. The molecule has 0 saturated carbocycles. The summed E-state index contributed by atoms with van der Waals surface area (Å²) in [4.78, 5) is 6.91. The highest BCUT2D eigenvalue weighted by atomic mass is 15.2. The van der Waals surface area contributed by atoms with E-state index in [9.17, 15) is 0 Å². The maximum Gasteiger partial charge on any atom is 0.202 e. The van der Waals surface area contributed by atoms with Gasteiger partial charge in [0.15, 0.2) is 0 Å². The number of nitrogens with one attached hydrogen (secondary N) is 1. The molecule has 4 nitrogen and oxygen atoms in total. The minimum Gasteiger partial charge on any atom is -0.353 e. The predicted molar refractivity (Wildman–Crippen MR) is 87.2 cm³/mol. The molecule has 1 unspecified atom stereocenters. The monoisotopic (exact) mass is 280 g/mol. The molecule has 20 heavy (non-hydrogen) atoms. The second-order valence-corrected chi connectivity index (χ2v) is 5.51. The predicted octanol–water partition coefficient (Wildman–Crippen LogP) is 3.61. The van der Waals surface area contributed by atoms with Crippen molar-refractivity contribution < 1.29 is 0 Å². The summed E-state index contributed by atoms with van der Waals surface area (Å²) >= 11 is 0. The van der Waals surface area contributed by atoms with E-state index in [1.165, 1.54) is 32.2 Å². The Morgan fingerprint density at radius 3 is 2.65 bits per heavy atom. The molecule has 1 aromatic rings. The van der Waals surface area contributed by atoms with Gasteiger partial charge < -0.3 is 14.8 Å². The van der Waals surface area contributed by atoms with Crippen molar-refractivity contribution >= 4 is 5.95 Å². The summed E-state index contributed by atoms with van der Waals surface area (Å²) in [5.41, 5.74) is 0. The molecule has 0 aliphatic heterocycles. The number of unbranched alkanes of at least 4 members (excludes halogenated alkanes) is 1. The first-order chi connectivity index (χ1) is 9.71. The molecule has 0 fully saturated rings. The molecule has 0 bridgehead atoms. The first-order valence-electron chi connectivity index (χ1n) is 8.21. The summed E-state index contributed by atoms with van der Waals surface area (Å²) in [6.07, 6.45) is 8.82. The molecule has 1 atom stereocenters. The van der Waals surface area contributed by atoms with Crippen LogP contribution in [-0.4, -0.2) is 40.1 Å². The summed E-state index contributed by atoms with van der Waals surface area (Å²) in [6.45, 7) is 13.5. The second-order valence-electron chi connectivity index (χ2n) is 5.51. The van der Waals surface area contributed by atoms with Crippen molar-refractivity contribution in [2.75, 3.05) is 25.0 Å². The molecule has 1 aromatic heterocycles. The van der Waals surface area contributed by atoms with Crippen LogP contribution in [0.15, 0.2) is 12.4 Å². The average Bonchev–Trinajstić information content (AvgIpc) is 2.88. The van der Waals surface area contributed by atoms with Gasteiger partial charge in [0.25, 0.3) is 0 Å². The smallest absolute Gasteiger partial charge is 0.202 e. The largest absolute Gasteiger partial charge is 0.353 e. The van der Waals surface area contributed by atoms with Crippen LogP contribution in [0.4, 0.5) is 5.95 Å². The molecule has 1 heterocycles. The van der Waals surface area contributed by atoms with Crippen molar-refractivity contribution in [1.82, 2.24) is 14.5 Å². The summed E-state index contributed by atoms with van der Waals surface area (Å²) in [6, 6.07) is 0.480. The van der Waals surface area contributed by atoms with Crippen LogP contribution in [0.25, 0.3) is 0 Å². The molecule has 4 heteroatoms. The van der Waals surface area contributed by atoms with Gasteiger partial charge in [0.1, 0.15) is 0 Å². The van der Waals surface area contributed by atoms with Crippen LogP contribution < -0.4 is 5.32 Å². The third kappa shape index (κ3) is 5.95. The SMILES string of the molecule is CCCCn1ccnc1NC(C)CCCN(CC)CC. The lowest BCUT2D eigenvalue weighted by Gasteiger charge is -2.20. The highest BCUT2D eigenvalue weighted by molar-refractivity contribution is 5.27.